The van der Waals surface area contributed by atoms with Gasteiger partial charge < -0.3 is 15.5 Å². The summed E-state index contributed by atoms with van der Waals surface area (Å²) in [5.41, 5.74) is 0. The predicted octanol–water partition coefficient (Wildman–Crippen LogP) is 4.01. The van der Waals surface area contributed by atoms with Crippen molar-refractivity contribution in [2.45, 2.75) is 58.5 Å². The van der Waals surface area contributed by atoms with E-state index in [1.165, 1.54) is 43.8 Å². The summed E-state index contributed by atoms with van der Waals surface area (Å²) in [4.78, 5) is 10.1. The summed E-state index contributed by atoms with van der Waals surface area (Å²) in [6.07, 6.45) is 5.02. The van der Waals surface area contributed by atoms with Crippen LogP contribution in [-0.2, 0) is 0 Å². The van der Waals surface area contributed by atoms with E-state index in [0.29, 0.717) is 18.0 Å². The molecular formula is C21H38IN5S. The summed E-state index contributed by atoms with van der Waals surface area (Å²) in [6.45, 7) is 13.3. The fraction of sp³-hybridized carbons (Fsp3) is 0.762. The number of halogens is 1. The van der Waals surface area contributed by atoms with Crippen LogP contribution in [0.4, 0.5) is 5.00 Å². The molecule has 1 unspecified atom stereocenters. The molecule has 7 heteroatoms. The molecule has 3 heterocycles. The quantitative estimate of drug-likeness (QED) is 0.325. The minimum atomic E-state index is 0. The Bertz CT molecular complexity index is 563. The lowest BCUT2D eigenvalue weighted by Gasteiger charge is -2.34. The van der Waals surface area contributed by atoms with Crippen molar-refractivity contribution < 1.29 is 0 Å². The fourth-order valence-corrected chi connectivity index (χ4v) is 5.00. The van der Waals surface area contributed by atoms with Crippen LogP contribution < -0.4 is 15.5 Å². The smallest absolute Gasteiger partial charge is 0.191 e. The third kappa shape index (κ3) is 6.76. The summed E-state index contributed by atoms with van der Waals surface area (Å²) in [7, 11) is 0. The molecule has 1 atom stereocenters. The van der Waals surface area contributed by atoms with Gasteiger partial charge in [0, 0.05) is 31.7 Å². The van der Waals surface area contributed by atoms with E-state index in [2.05, 4.69) is 58.7 Å². The van der Waals surface area contributed by atoms with Gasteiger partial charge in [0.15, 0.2) is 5.96 Å². The normalized spacial score (nSPS) is 20.3. The van der Waals surface area contributed by atoms with Crippen LogP contribution in [0.5, 0.6) is 0 Å². The van der Waals surface area contributed by atoms with Crippen molar-refractivity contribution in [2.75, 3.05) is 44.2 Å². The van der Waals surface area contributed by atoms with Crippen molar-refractivity contribution in [3.63, 3.8) is 0 Å². The molecule has 2 N–H and O–H groups in total. The minimum absolute atomic E-state index is 0. The molecule has 0 bridgehead atoms. The van der Waals surface area contributed by atoms with E-state index < -0.39 is 0 Å². The molecule has 160 valence electrons. The zero-order chi connectivity index (χ0) is 19.1. The van der Waals surface area contributed by atoms with Crippen molar-refractivity contribution >= 4 is 46.3 Å². The first-order valence-electron chi connectivity index (χ1n) is 10.7. The van der Waals surface area contributed by atoms with E-state index in [1.54, 1.807) is 0 Å². The maximum atomic E-state index is 4.98. The molecule has 1 aromatic heterocycles. The monoisotopic (exact) mass is 519 g/mol. The molecule has 2 aliphatic rings. The van der Waals surface area contributed by atoms with E-state index in [0.717, 1.165) is 32.1 Å². The van der Waals surface area contributed by atoms with E-state index >= 15 is 0 Å². The van der Waals surface area contributed by atoms with Crippen molar-refractivity contribution in [3.05, 3.63) is 17.5 Å². The van der Waals surface area contributed by atoms with Crippen LogP contribution in [0.25, 0.3) is 0 Å². The summed E-state index contributed by atoms with van der Waals surface area (Å²) < 4.78 is 0. The van der Waals surface area contributed by atoms with Crippen LogP contribution in [0.3, 0.4) is 0 Å². The molecule has 2 saturated heterocycles. The van der Waals surface area contributed by atoms with Crippen molar-refractivity contribution in [3.8, 4) is 0 Å². The van der Waals surface area contributed by atoms with Crippen LogP contribution in [0, 0.1) is 5.92 Å². The first kappa shape index (κ1) is 23.7. The SMILES string of the molecule is CCNC(=NCC(C(C)C)N1CCCC1)NC1CCN(c2cccs2)CC1.I. The molecule has 0 aromatic carbocycles. The van der Waals surface area contributed by atoms with Crippen LogP contribution >= 0.6 is 35.3 Å². The van der Waals surface area contributed by atoms with Crippen LogP contribution in [0.2, 0.25) is 0 Å². The van der Waals surface area contributed by atoms with Crippen molar-refractivity contribution in [2.24, 2.45) is 10.9 Å². The molecule has 0 saturated carbocycles. The van der Waals surface area contributed by atoms with E-state index in [4.69, 9.17) is 4.99 Å². The van der Waals surface area contributed by atoms with Crippen LogP contribution in [0.15, 0.2) is 22.5 Å². The second kappa shape index (κ2) is 12.2. The Labute approximate surface area is 192 Å². The molecule has 28 heavy (non-hydrogen) atoms. The Morgan fingerprint density at radius 2 is 1.93 bits per heavy atom. The number of hydrogen-bond acceptors (Lipinski definition) is 4. The summed E-state index contributed by atoms with van der Waals surface area (Å²) in [5, 5.41) is 10.7. The molecule has 0 spiro atoms. The maximum Gasteiger partial charge on any atom is 0.191 e. The summed E-state index contributed by atoms with van der Waals surface area (Å²) >= 11 is 1.84. The van der Waals surface area contributed by atoms with E-state index in [-0.39, 0.29) is 24.0 Å². The number of anilines is 1. The van der Waals surface area contributed by atoms with Gasteiger partial charge in [0.25, 0.3) is 0 Å². The van der Waals surface area contributed by atoms with Gasteiger partial charge >= 0.3 is 0 Å². The maximum absolute atomic E-state index is 4.98. The Hall–Kier alpha value is -0.540. The third-order valence-electron chi connectivity index (χ3n) is 5.81. The number of nitrogens with one attached hydrogen (secondary N) is 2. The first-order valence-corrected chi connectivity index (χ1v) is 11.6. The minimum Gasteiger partial charge on any atom is -0.363 e. The van der Waals surface area contributed by atoms with Crippen LogP contribution in [-0.4, -0.2) is 62.2 Å². The van der Waals surface area contributed by atoms with Crippen molar-refractivity contribution in [1.29, 1.82) is 0 Å². The number of hydrogen-bond donors (Lipinski definition) is 2. The zero-order valence-electron chi connectivity index (χ0n) is 17.7. The Morgan fingerprint density at radius 3 is 2.50 bits per heavy atom. The summed E-state index contributed by atoms with van der Waals surface area (Å²) in [5.74, 6) is 1.64. The lowest BCUT2D eigenvalue weighted by Crippen LogP contribution is -2.49. The zero-order valence-corrected chi connectivity index (χ0v) is 20.8. The Balaban J connectivity index is 0.00000280. The number of rotatable bonds is 7. The van der Waals surface area contributed by atoms with Gasteiger partial charge in [-0.05, 0) is 69.1 Å². The molecule has 1 aromatic rings. The van der Waals surface area contributed by atoms with Gasteiger partial charge in [-0.3, -0.25) is 9.89 Å². The average Bonchev–Trinajstić information content (AvgIpc) is 3.36. The fourth-order valence-electron chi connectivity index (χ4n) is 4.21. The van der Waals surface area contributed by atoms with Gasteiger partial charge in [-0.15, -0.1) is 35.3 Å². The number of nitrogens with zero attached hydrogens (tertiary/aromatic N) is 3. The van der Waals surface area contributed by atoms with Crippen molar-refractivity contribution in [1.82, 2.24) is 15.5 Å². The predicted molar refractivity (Wildman–Crippen MR) is 134 cm³/mol. The highest BCUT2D eigenvalue weighted by molar-refractivity contribution is 14.0. The number of guanidine groups is 1. The van der Waals surface area contributed by atoms with Gasteiger partial charge in [-0.25, -0.2) is 0 Å². The van der Waals surface area contributed by atoms with Gasteiger partial charge in [0.1, 0.15) is 0 Å². The molecular weight excluding hydrogens is 481 g/mol. The van der Waals surface area contributed by atoms with E-state index in [9.17, 15) is 0 Å². The lowest BCUT2D eigenvalue weighted by molar-refractivity contribution is 0.197. The van der Waals surface area contributed by atoms with Gasteiger partial charge in [-0.2, -0.15) is 0 Å². The standard InChI is InChI=1S/C21H37N5S.HI/c1-4-22-21(23-16-19(17(2)3)25-11-5-6-12-25)24-18-9-13-26(14-10-18)20-8-7-15-27-20;/h7-8,15,17-19H,4-6,9-14,16H2,1-3H3,(H2,22,23,24);1H. The van der Waals surface area contributed by atoms with Gasteiger partial charge in [0.05, 0.1) is 11.5 Å². The Morgan fingerprint density at radius 1 is 1.21 bits per heavy atom. The number of piperidine rings is 1. The second-order valence-electron chi connectivity index (χ2n) is 8.13. The highest BCUT2D eigenvalue weighted by Crippen LogP contribution is 2.24. The van der Waals surface area contributed by atoms with E-state index in [1.807, 2.05) is 11.3 Å². The molecule has 0 amide bonds. The number of aliphatic imine (C=N–C) groups is 1. The highest BCUT2D eigenvalue weighted by atomic mass is 127. The van der Waals surface area contributed by atoms with Gasteiger partial charge in [0.2, 0.25) is 0 Å². The lowest BCUT2D eigenvalue weighted by atomic mass is 10.0. The topological polar surface area (TPSA) is 42.9 Å². The Kier molecular flexibility index (Phi) is 10.4. The highest BCUT2D eigenvalue weighted by Gasteiger charge is 2.25. The largest absolute Gasteiger partial charge is 0.363 e. The number of likely N-dealkylation sites (tertiary alicyclic amines) is 1. The molecule has 0 aliphatic carbocycles. The second-order valence-corrected chi connectivity index (χ2v) is 9.06. The van der Waals surface area contributed by atoms with Gasteiger partial charge in [-0.1, -0.05) is 13.8 Å². The van der Waals surface area contributed by atoms with Crippen LogP contribution in [0.1, 0.15) is 46.5 Å². The molecule has 2 aliphatic heterocycles. The molecule has 5 nitrogen and oxygen atoms in total. The molecule has 3 rings (SSSR count). The average molecular weight is 520 g/mol. The molecule has 2 fully saturated rings. The number of thiophene rings is 1. The summed E-state index contributed by atoms with van der Waals surface area (Å²) in [6, 6.07) is 5.45. The first-order chi connectivity index (χ1) is 13.2. The third-order valence-corrected chi connectivity index (χ3v) is 6.74. The molecule has 0 radical (unpaired) electrons.